The van der Waals surface area contributed by atoms with Gasteiger partial charge in [0.05, 0.1) is 15.8 Å². The third kappa shape index (κ3) is 7.65. The molecule has 0 aliphatic rings. The molecule has 9 nitrogen and oxygen atoms in total. The molecule has 4 aromatic rings. The number of carboxylic acids is 1. The van der Waals surface area contributed by atoms with Crippen molar-refractivity contribution < 1.29 is 24.3 Å². The largest absolute Gasteiger partial charge is 0.481 e. The number of aliphatic carboxylic acids is 1. The monoisotopic (exact) mass is 544 g/mol. The first-order chi connectivity index (χ1) is 18.9. The molecule has 0 saturated carbocycles. The van der Waals surface area contributed by atoms with Gasteiger partial charge in [0.1, 0.15) is 0 Å². The summed E-state index contributed by atoms with van der Waals surface area (Å²) in [6.07, 6.45) is -0.00795. The van der Waals surface area contributed by atoms with Crippen LogP contribution in [0.1, 0.15) is 33.1 Å². The fourth-order valence-electron chi connectivity index (χ4n) is 4.03. The number of nitrogens with one attached hydrogen (secondary N) is 4. The second-order valence-electron chi connectivity index (χ2n) is 8.73. The first kappa shape index (κ1) is 27.3. The van der Waals surface area contributed by atoms with Crippen molar-refractivity contribution in [1.29, 1.82) is 0 Å². The van der Waals surface area contributed by atoms with Crippen molar-refractivity contribution in [3.63, 3.8) is 0 Å². The van der Waals surface area contributed by atoms with E-state index in [4.69, 9.17) is 0 Å². The molecule has 0 bridgehead atoms. The highest BCUT2D eigenvalue weighted by molar-refractivity contribution is 7.18. The zero-order valence-corrected chi connectivity index (χ0v) is 21.8. The van der Waals surface area contributed by atoms with Gasteiger partial charge in [0.15, 0.2) is 0 Å². The molecule has 1 heterocycles. The molecule has 10 heteroatoms. The van der Waals surface area contributed by atoms with E-state index in [1.807, 2.05) is 60.7 Å². The predicted molar refractivity (Wildman–Crippen MR) is 151 cm³/mol. The van der Waals surface area contributed by atoms with Crippen molar-refractivity contribution in [2.24, 2.45) is 0 Å². The zero-order valence-electron chi connectivity index (χ0n) is 21.0. The van der Waals surface area contributed by atoms with Crippen LogP contribution in [0, 0.1) is 0 Å². The van der Waals surface area contributed by atoms with Crippen LogP contribution in [0.25, 0.3) is 10.8 Å². The van der Waals surface area contributed by atoms with Gasteiger partial charge in [0, 0.05) is 26.1 Å². The highest BCUT2D eigenvalue weighted by atomic mass is 32.1. The van der Waals surface area contributed by atoms with Crippen LogP contribution in [0.3, 0.4) is 0 Å². The highest BCUT2D eigenvalue weighted by Crippen LogP contribution is 2.26. The maximum Gasteiger partial charge on any atom is 0.320 e. The van der Waals surface area contributed by atoms with E-state index in [9.17, 15) is 24.3 Å². The summed E-state index contributed by atoms with van der Waals surface area (Å²) in [4.78, 5) is 49.3. The molecule has 0 radical (unpaired) electrons. The average molecular weight is 545 g/mol. The van der Waals surface area contributed by atoms with Crippen LogP contribution in [0.5, 0.6) is 0 Å². The summed E-state index contributed by atoms with van der Waals surface area (Å²) in [5, 5.41) is 22.8. The van der Waals surface area contributed by atoms with Gasteiger partial charge in [0.25, 0.3) is 5.91 Å². The first-order valence-corrected chi connectivity index (χ1v) is 13.2. The second-order valence-corrected chi connectivity index (χ2v) is 9.81. The van der Waals surface area contributed by atoms with Crippen LogP contribution in [0.2, 0.25) is 0 Å². The van der Waals surface area contributed by atoms with E-state index in [2.05, 4.69) is 21.3 Å². The molecule has 0 aliphatic carbocycles. The Labute approximate surface area is 229 Å². The zero-order chi connectivity index (χ0) is 27.6. The summed E-state index contributed by atoms with van der Waals surface area (Å²) >= 11 is 1.12. The minimum atomic E-state index is -1.03. The summed E-state index contributed by atoms with van der Waals surface area (Å²) in [6, 6.07) is 25.3. The summed E-state index contributed by atoms with van der Waals surface area (Å²) in [6.45, 7) is 0.389. The van der Waals surface area contributed by atoms with E-state index >= 15 is 0 Å². The van der Waals surface area contributed by atoms with E-state index in [-0.39, 0.29) is 37.4 Å². The Kier molecular flexibility index (Phi) is 9.25. The number of thiophene rings is 1. The lowest BCUT2D eigenvalue weighted by molar-refractivity contribution is -0.138. The van der Waals surface area contributed by atoms with Gasteiger partial charge in [-0.15, -0.1) is 11.3 Å². The number of benzene rings is 3. The number of amides is 4. The smallest absolute Gasteiger partial charge is 0.320 e. The molecule has 0 aliphatic heterocycles. The lowest BCUT2D eigenvalue weighted by Gasteiger charge is -2.16. The number of carbonyl (C=O) groups excluding carboxylic acids is 3. The fraction of sp³-hybridized carbons (Fsp3) is 0.172. The normalized spacial score (nSPS) is 11.4. The molecule has 200 valence electrons. The fourth-order valence-corrected chi connectivity index (χ4v) is 4.84. The van der Waals surface area contributed by atoms with E-state index in [1.54, 1.807) is 24.3 Å². The number of urea groups is 1. The predicted octanol–water partition coefficient (Wildman–Crippen LogP) is 4.33. The molecule has 5 N–H and O–H groups in total. The van der Waals surface area contributed by atoms with Gasteiger partial charge in [-0.2, -0.15) is 0 Å². The van der Waals surface area contributed by atoms with Crippen molar-refractivity contribution in [3.8, 4) is 0 Å². The Morgan fingerprint density at radius 3 is 2.33 bits per heavy atom. The molecule has 3 aromatic carbocycles. The maximum atomic E-state index is 12.5. The van der Waals surface area contributed by atoms with Gasteiger partial charge in [-0.1, -0.05) is 72.8 Å². The Hall–Kier alpha value is -4.70. The van der Waals surface area contributed by atoms with Crippen molar-refractivity contribution in [1.82, 2.24) is 16.0 Å². The van der Waals surface area contributed by atoms with Crippen LogP contribution in [0.4, 0.5) is 9.80 Å². The highest BCUT2D eigenvalue weighted by Gasteiger charge is 2.22. The lowest BCUT2D eigenvalue weighted by atomic mass is 9.93. The second kappa shape index (κ2) is 13.2. The van der Waals surface area contributed by atoms with E-state index in [0.29, 0.717) is 22.0 Å². The number of hydrogen-bond acceptors (Lipinski definition) is 5. The number of carbonyl (C=O) groups is 4. The lowest BCUT2D eigenvalue weighted by Crippen LogP contribution is -2.34. The van der Waals surface area contributed by atoms with Gasteiger partial charge < -0.3 is 21.1 Å². The molecular weight excluding hydrogens is 516 g/mol. The van der Waals surface area contributed by atoms with Gasteiger partial charge in [0.2, 0.25) is 5.91 Å². The number of hydrogen-bond donors (Lipinski definition) is 5. The number of fused-ring (bicyclic) bond motifs is 1. The SMILES string of the molecule is O=C(CCNC(=O)c1ccc(NC(=O)NCc2ccccc2)s1)NCC(C(=O)O)c1cccc2ccccc12. The van der Waals surface area contributed by atoms with Gasteiger partial charge >= 0.3 is 12.0 Å². The molecule has 0 spiro atoms. The number of rotatable bonds is 11. The van der Waals surface area contributed by atoms with Crippen LogP contribution >= 0.6 is 11.3 Å². The summed E-state index contributed by atoms with van der Waals surface area (Å²) in [5.41, 5.74) is 1.60. The number of anilines is 1. The average Bonchev–Trinajstić information content (AvgIpc) is 3.41. The molecule has 0 fully saturated rings. The molecule has 4 rings (SSSR count). The maximum absolute atomic E-state index is 12.5. The third-order valence-corrected chi connectivity index (χ3v) is 7.00. The Balaban J connectivity index is 1.21. The van der Waals surface area contributed by atoms with E-state index in [1.165, 1.54) is 0 Å². The van der Waals surface area contributed by atoms with Gasteiger partial charge in [-0.05, 0) is 34.0 Å². The minimum absolute atomic E-state index is 0.00795. The number of carboxylic acid groups (broad SMARTS) is 1. The molecule has 1 aromatic heterocycles. The molecule has 39 heavy (non-hydrogen) atoms. The van der Waals surface area contributed by atoms with Crippen molar-refractivity contribution >= 4 is 50.9 Å². The van der Waals surface area contributed by atoms with Crippen molar-refractivity contribution in [2.45, 2.75) is 18.9 Å². The van der Waals surface area contributed by atoms with Gasteiger partial charge in [-0.25, -0.2) is 4.79 Å². The van der Waals surface area contributed by atoms with Gasteiger partial charge in [-0.3, -0.25) is 19.7 Å². The third-order valence-electron chi connectivity index (χ3n) is 6.00. The van der Waals surface area contributed by atoms with Crippen molar-refractivity contribution in [3.05, 3.63) is 101 Å². The Bertz CT molecular complexity index is 1470. The van der Waals surface area contributed by atoms with E-state index in [0.717, 1.165) is 27.7 Å². The van der Waals surface area contributed by atoms with Crippen molar-refractivity contribution in [2.75, 3.05) is 18.4 Å². The van der Waals surface area contributed by atoms with Crippen LogP contribution < -0.4 is 21.3 Å². The molecule has 1 unspecified atom stereocenters. The summed E-state index contributed by atoms with van der Waals surface area (Å²) in [7, 11) is 0. The van der Waals surface area contributed by atoms with E-state index < -0.39 is 11.9 Å². The standard InChI is InChI=1S/C29H28N4O5S/c34-25(31-18-23(28(36)37)22-12-6-10-20-9-4-5-11-21(20)22)15-16-30-27(35)24-13-14-26(39-24)33-29(38)32-17-19-7-2-1-3-8-19/h1-14,23H,15-18H2,(H,30,35)(H,31,34)(H,36,37)(H2,32,33,38). The van der Waals surface area contributed by atoms with Crippen LogP contribution in [-0.2, 0) is 16.1 Å². The summed E-state index contributed by atoms with van der Waals surface area (Å²) in [5.74, 6) is -2.68. The molecule has 0 saturated heterocycles. The quantitative estimate of drug-likeness (QED) is 0.191. The summed E-state index contributed by atoms with van der Waals surface area (Å²) < 4.78 is 0. The molecular formula is C29H28N4O5S. The molecule has 4 amide bonds. The van der Waals surface area contributed by atoms with Crippen LogP contribution in [0.15, 0.2) is 84.9 Å². The Morgan fingerprint density at radius 2 is 1.54 bits per heavy atom. The molecule has 1 atom stereocenters. The Morgan fingerprint density at radius 1 is 0.795 bits per heavy atom. The first-order valence-electron chi connectivity index (χ1n) is 12.3. The topological polar surface area (TPSA) is 137 Å². The minimum Gasteiger partial charge on any atom is -0.481 e. The van der Waals surface area contributed by atoms with Crippen LogP contribution in [-0.4, -0.2) is 42.0 Å².